The summed E-state index contributed by atoms with van der Waals surface area (Å²) in [7, 11) is 0. The maximum atomic E-state index is 13.4. The Morgan fingerprint density at radius 2 is 1.82 bits per heavy atom. The molecule has 0 bridgehead atoms. The highest BCUT2D eigenvalue weighted by atomic mass is 19.4. The first-order valence-corrected chi connectivity index (χ1v) is 13.3. The van der Waals surface area contributed by atoms with Crippen LogP contribution >= 0.6 is 0 Å². The zero-order valence-electron chi connectivity index (χ0n) is 21.5. The number of alkyl halides is 3. The third kappa shape index (κ3) is 4.57. The lowest BCUT2D eigenvalue weighted by Gasteiger charge is -2.59. The van der Waals surface area contributed by atoms with Gasteiger partial charge >= 0.3 is 12.1 Å². The van der Waals surface area contributed by atoms with Crippen LogP contribution in [0.1, 0.15) is 98.8 Å². The van der Waals surface area contributed by atoms with Crippen LogP contribution in [0.15, 0.2) is 11.6 Å². The monoisotopic (exact) mass is 484 g/mol. The van der Waals surface area contributed by atoms with Crippen LogP contribution in [-0.4, -0.2) is 29.0 Å². The fourth-order valence-corrected chi connectivity index (χ4v) is 8.89. The van der Waals surface area contributed by atoms with Gasteiger partial charge in [-0.15, -0.1) is 0 Å². The molecule has 3 nitrogen and oxygen atoms in total. The van der Waals surface area contributed by atoms with E-state index in [1.807, 2.05) is 6.92 Å². The van der Waals surface area contributed by atoms with Gasteiger partial charge in [-0.05, 0) is 112 Å². The van der Waals surface area contributed by atoms with Gasteiger partial charge in [0.05, 0.1) is 5.60 Å². The van der Waals surface area contributed by atoms with Crippen LogP contribution in [0.4, 0.5) is 13.2 Å². The fraction of sp³-hybridized carbons (Fsp3) is 0.893. The summed E-state index contributed by atoms with van der Waals surface area (Å²) in [5.41, 5.74) is 1.22. The van der Waals surface area contributed by atoms with Gasteiger partial charge in [0.15, 0.2) is 6.10 Å². The second-order valence-corrected chi connectivity index (χ2v) is 12.9. The van der Waals surface area contributed by atoms with Crippen molar-refractivity contribution in [2.45, 2.75) is 117 Å². The molecule has 0 aliphatic heterocycles. The number of hydrogen-bond donors (Lipinski definition) is 1. The minimum absolute atomic E-state index is 0.155. The standard InChI is InChI=1S/C28H43F3O3/c1-17(6-11-24(28(29,30)31)34-18(2)32)21-9-10-22-20-8-7-19-16-25(3,33)14-15-26(19,4)23(20)12-13-27(21,22)5/h7,17,20-24,33H,6,8-16H2,1-5H3/t17-,20+,21-,22+,23+,24-,25+,26+,27-/m1/s1. The molecule has 1 N–H and O–H groups in total. The summed E-state index contributed by atoms with van der Waals surface area (Å²) in [6.07, 6.45) is 4.52. The molecule has 0 unspecified atom stereocenters. The minimum Gasteiger partial charge on any atom is -0.453 e. The Morgan fingerprint density at radius 1 is 1.12 bits per heavy atom. The Bertz CT molecular complexity index is 818. The van der Waals surface area contributed by atoms with E-state index in [1.54, 1.807) is 0 Å². The van der Waals surface area contributed by atoms with E-state index >= 15 is 0 Å². The zero-order valence-corrected chi connectivity index (χ0v) is 21.5. The van der Waals surface area contributed by atoms with Crippen LogP contribution in [0.3, 0.4) is 0 Å². The maximum Gasteiger partial charge on any atom is 0.425 e. The predicted octanol–water partition coefficient (Wildman–Crippen LogP) is 7.23. The Kier molecular flexibility index (Phi) is 6.75. The van der Waals surface area contributed by atoms with Crippen molar-refractivity contribution in [2.24, 2.45) is 40.4 Å². The summed E-state index contributed by atoms with van der Waals surface area (Å²) in [5.74, 6) is 1.61. The van der Waals surface area contributed by atoms with Gasteiger partial charge < -0.3 is 9.84 Å². The molecule has 0 radical (unpaired) electrons. The van der Waals surface area contributed by atoms with Gasteiger partial charge in [0.25, 0.3) is 0 Å². The number of aliphatic hydroxyl groups is 1. The summed E-state index contributed by atoms with van der Waals surface area (Å²) in [6, 6.07) is 0. The van der Waals surface area contributed by atoms with Crippen LogP contribution in [0.2, 0.25) is 0 Å². The number of ether oxygens (including phenoxy) is 1. The molecule has 3 saturated carbocycles. The van der Waals surface area contributed by atoms with E-state index in [0.717, 1.165) is 51.9 Å². The molecular weight excluding hydrogens is 441 g/mol. The highest BCUT2D eigenvalue weighted by Crippen LogP contribution is 2.67. The summed E-state index contributed by atoms with van der Waals surface area (Å²) in [5, 5.41) is 10.7. The van der Waals surface area contributed by atoms with Gasteiger partial charge in [-0.2, -0.15) is 13.2 Å². The van der Waals surface area contributed by atoms with Crippen molar-refractivity contribution < 1.29 is 27.8 Å². The Labute approximate surface area is 202 Å². The van der Waals surface area contributed by atoms with E-state index < -0.39 is 23.9 Å². The second-order valence-electron chi connectivity index (χ2n) is 12.9. The van der Waals surface area contributed by atoms with E-state index in [0.29, 0.717) is 30.1 Å². The van der Waals surface area contributed by atoms with Crippen LogP contribution in [0, 0.1) is 40.4 Å². The molecule has 0 saturated heterocycles. The Morgan fingerprint density at radius 3 is 2.47 bits per heavy atom. The Hall–Kier alpha value is -1.04. The maximum absolute atomic E-state index is 13.4. The number of halogens is 3. The Balaban J connectivity index is 1.46. The first-order chi connectivity index (χ1) is 15.7. The summed E-state index contributed by atoms with van der Waals surface area (Å²) in [4.78, 5) is 11.2. The molecule has 0 spiro atoms. The van der Waals surface area contributed by atoms with Gasteiger partial charge in [-0.25, -0.2) is 0 Å². The minimum atomic E-state index is -4.52. The number of carbonyl (C=O) groups excluding carboxylic acids is 1. The lowest BCUT2D eigenvalue weighted by atomic mass is 9.46. The molecule has 3 fully saturated rings. The third-order valence-electron chi connectivity index (χ3n) is 10.7. The first-order valence-electron chi connectivity index (χ1n) is 13.3. The number of carbonyl (C=O) groups is 1. The highest BCUT2D eigenvalue weighted by molar-refractivity contribution is 5.66. The molecule has 0 heterocycles. The predicted molar refractivity (Wildman–Crippen MR) is 126 cm³/mol. The van der Waals surface area contributed by atoms with Crippen LogP contribution in [0.5, 0.6) is 0 Å². The SMILES string of the molecule is CC(=O)O[C@H](CC[C@@H](C)[C@H]1CC[C@H]2[C@@H]3CC=C4C[C@@](C)(O)CC[C@]4(C)[C@H]3CC[C@]12C)C(F)(F)F. The molecule has 0 aromatic carbocycles. The van der Waals surface area contributed by atoms with Crippen molar-refractivity contribution in [1.82, 2.24) is 0 Å². The summed E-state index contributed by atoms with van der Waals surface area (Å²) < 4.78 is 44.7. The lowest BCUT2D eigenvalue weighted by molar-refractivity contribution is -0.222. The van der Waals surface area contributed by atoms with Crippen molar-refractivity contribution in [3.05, 3.63) is 11.6 Å². The van der Waals surface area contributed by atoms with Crippen LogP contribution in [0.25, 0.3) is 0 Å². The van der Waals surface area contributed by atoms with Crippen molar-refractivity contribution in [3.63, 3.8) is 0 Å². The first kappa shape index (κ1) is 26.0. The zero-order chi connectivity index (χ0) is 25.1. The van der Waals surface area contributed by atoms with Crippen LogP contribution < -0.4 is 0 Å². The molecule has 9 atom stereocenters. The second kappa shape index (κ2) is 8.81. The molecule has 34 heavy (non-hydrogen) atoms. The van der Waals surface area contributed by atoms with Gasteiger partial charge in [0.2, 0.25) is 0 Å². The number of allylic oxidation sites excluding steroid dienone is 1. The molecule has 6 heteroatoms. The van der Waals surface area contributed by atoms with E-state index in [2.05, 4.69) is 31.6 Å². The molecule has 0 amide bonds. The number of fused-ring (bicyclic) bond motifs is 5. The number of esters is 1. The fourth-order valence-electron chi connectivity index (χ4n) is 8.89. The quantitative estimate of drug-likeness (QED) is 0.331. The number of hydrogen-bond acceptors (Lipinski definition) is 3. The van der Waals surface area contributed by atoms with Crippen molar-refractivity contribution >= 4 is 5.97 Å². The normalized spacial score (nSPS) is 43.7. The lowest BCUT2D eigenvalue weighted by Crippen LogP contribution is -2.52. The van der Waals surface area contributed by atoms with Gasteiger partial charge in [0.1, 0.15) is 0 Å². The van der Waals surface area contributed by atoms with Crippen molar-refractivity contribution in [2.75, 3.05) is 0 Å². The number of rotatable bonds is 5. The highest BCUT2D eigenvalue weighted by Gasteiger charge is 2.59. The summed E-state index contributed by atoms with van der Waals surface area (Å²) >= 11 is 0. The molecule has 4 aliphatic carbocycles. The van der Waals surface area contributed by atoms with E-state index in [-0.39, 0.29) is 23.2 Å². The molecule has 194 valence electrons. The third-order valence-corrected chi connectivity index (χ3v) is 10.7. The average molecular weight is 485 g/mol. The van der Waals surface area contributed by atoms with Crippen LogP contribution in [-0.2, 0) is 9.53 Å². The molecule has 0 aromatic heterocycles. The van der Waals surface area contributed by atoms with Gasteiger partial charge in [0, 0.05) is 6.92 Å². The smallest absolute Gasteiger partial charge is 0.425 e. The van der Waals surface area contributed by atoms with Gasteiger partial charge in [-0.3, -0.25) is 4.79 Å². The summed E-state index contributed by atoms with van der Waals surface area (Å²) in [6.45, 7) is 9.94. The van der Waals surface area contributed by atoms with Gasteiger partial charge in [-0.1, -0.05) is 32.4 Å². The van der Waals surface area contributed by atoms with E-state index in [1.165, 1.54) is 12.0 Å². The molecular formula is C28H43F3O3. The van der Waals surface area contributed by atoms with E-state index in [9.17, 15) is 23.1 Å². The molecule has 4 rings (SSSR count). The van der Waals surface area contributed by atoms with E-state index in [4.69, 9.17) is 0 Å². The molecule has 0 aromatic rings. The molecule has 4 aliphatic rings. The topological polar surface area (TPSA) is 46.5 Å². The largest absolute Gasteiger partial charge is 0.453 e. The van der Waals surface area contributed by atoms with Crippen molar-refractivity contribution in [3.8, 4) is 0 Å². The average Bonchev–Trinajstić information content (AvgIpc) is 3.07. The van der Waals surface area contributed by atoms with Crippen molar-refractivity contribution in [1.29, 1.82) is 0 Å².